The molecule has 1 amide bonds. The number of carbonyl (C=O) groups is 2. The summed E-state index contributed by atoms with van der Waals surface area (Å²) in [6.07, 6.45) is 7.98. The molecule has 0 aromatic heterocycles. The fourth-order valence-electron chi connectivity index (χ4n) is 2.40. The molecule has 1 rings (SSSR count). The minimum Gasteiger partial charge on any atom is -0.481 e. The molecule has 0 aromatic carbocycles. The first-order valence-corrected chi connectivity index (χ1v) is 7.18. The monoisotopic (exact) mass is 267 g/mol. The minimum absolute atomic E-state index is 0.110. The van der Waals surface area contributed by atoms with Crippen molar-refractivity contribution < 1.29 is 14.7 Å². The van der Waals surface area contributed by atoms with Gasteiger partial charge in [-0.1, -0.05) is 38.8 Å². The summed E-state index contributed by atoms with van der Waals surface area (Å²) in [5, 5.41) is 12.0. The summed E-state index contributed by atoms with van der Waals surface area (Å²) in [7, 11) is 0. The molecule has 0 saturated heterocycles. The number of nitrogens with one attached hydrogen (secondary N) is 1. The van der Waals surface area contributed by atoms with E-state index in [2.05, 4.69) is 19.2 Å². The molecule has 1 aliphatic rings. The maximum absolute atomic E-state index is 12.0. The first kappa shape index (κ1) is 15.7. The van der Waals surface area contributed by atoms with Crippen LogP contribution in [0.15, 0.2) is 12.2 Å². The van der Waals surface area contributed by atoms with E-state index in [1.54, 1.807) is 0 Å². The smallest absolute Gasteiger partial charge is 0.307 e. The molecule has 0 aromatic rings. The Bertz CT molecular complexity index is 336. The van der Waals surface area contributed by atoms with Crippen molar-refractivity contribution in [2.45, 2.75) is 46.0 Å². The highest BCUT2D eigenvalue weighted by molar-refractivity contribution is 5.85. The quantitative estimate of drug-likeness (QED) is 0.550. The van der Waals surface area contributed by atoms with Crippen LogP contribution in [-0.4, -0.2) is 23.5 Å². The van der Waals surface area contributed by atoms with E-state index in [0.717, 1.165) is 12.8 Å². The fourth-order valence-corrected chi connectivity index (χ4v) is 2.40. The summed E-state index contributed by atoms with van der Waals surface area (Å²) in [5.41, 5.74) is 0. The van der Waals surface area contributed by atoms with E-state index in [-0.39, 0.29) is 5.91 Å². The van der Waals surface area contributed by atoms with Crippen molar-refractivity contribution in [1.29, 1.82) is 0 Å². The number of amides is 1. The molecule has 0 aliphatic heterocycles. The van der Waals surface area contributed by atoms with Crippen LogP contribution in [0.4, 0.5) is 0 Å². The van der Waals surface area contributed by atoms with E-state index in [0.29, 0.717) is 25.3 Å². The zero-order chi connectivity index (χ0) is 14.3. The van der Waals surface area contributed by atoms with Gasteiger partial charge in [0.25, 0.3) is 0 Å². The largest absolute Gasteiger partial charge is 0.481 e. The van der Waals surface area contributed by atoms with E-state index in [1.165, 1.54) is 6.42 Å². The lowest BCUT2D eigenvalue weighted by Crippen LogP contribution is -2.39. The van der Waals surface area contributed by atoms with Crippen molar-refractivity contribution in [3.8, 4) is 0 Å². The van der Waals surface area contributed by atoms with Gasteiger partial charge < -0.3 is 10.4 Å². The Morgan fingerprint density at radius 1 is 1.21 bits per heavy atom. The molecule has 1 aliphatic carbocycles. The summed E-state index contributed by atoms with van der Waals surface area (Å²) < 4.78 is 0. The number of hydrogen-bond acceptors (Lipinski definition) is 2. The Morgan fingerprint density at radius 3 is 2.42 bits per heavy atom. The number of allylic oxidation sites excluding steroid dienone is 2. The summed E-state index contributed by atoms with van der Waals surface area (Å²) in [6.45, 7) is 5.02. The maximum atomic E-state index is 12.0. The third-order valence-corrected chi connectivity index (χ3v) is 3.59. The third-order valence-electron chi connectivity index (χ3n) is 3.59. The first-order valence-electron chi connectivity index (χ1n) is 7.18. The molecule has 0 fully saturated rings. The van der Waals surface area contributed by atoms with Crippen molar-refractivity contribution in [2.75, 3.05) is 6.54 Å². The Morgan fingerprint density at radius 2 is 1.84 bits per heavy atom. The van der Waals surface area contributed by atoms with Gasteiger partial charge in [0.15, 0.2) is 0 Å². The van der Waals surface area contributed by atoms with Crippen LogP contribution in [0.3, 0.4) is 0 Å². The fraction of sp³-hybridized carbons (Fsp3) is 0.733. The number of carboxylic acids is 1. The minimum atomic E-state index is -0.871. The molecule has 0 bridgehead atoms. The summed E-state index contributed by atoms with van der Waals surface area (Å²) in [6, 6.07) is 0. The molecule has 2 atom stereocenters. The predicted molar refractivity (Wildman–Crippen MR) is 74.7 cm³/mol. The van der Waals surface area contributed by atoms with Gasteiger partial charge in [-0.2, -0.15) is 0 Å². The molecule has 0 radical (unpaired) electrons. The van der Waals surface area contributed by atoms with Crippen molar-refractivity contribution in [3.05, 3.63) is 12.2 Å². The van der Waals surface area contributed by atoms with Gasteiger partial charge in [-0.15, -0.1) is 0 Å². The average molecular weight is 267 g/mol. The van der Waals surface area contributed by atoms with E-state index in [4.69, 9.17) is 5.11 Å². The molecule has 0 saturated carbocycles. The van der Waals surface area contributed by atoms with Crippen LogP contribution < -0.4 is 5.32 Å². The lowest BCUT2D eigenvalue weighted by molar-refractivity contribution is -0.147. The third kappa shape index (κ3) is 5.45. The zero-order valence-electron chi connectivity index (χ0n) is 11.9. The van der Waals surface area contributed by atoms with Crippen LogP contribution in [0.25, 0.3) is 0 Å². The molecule has 0 unspecified atom stereocenters. The van der Waals surface area contributed by atoms with Gasteiger partial charge in [-0.25, -0.2) is 0 Å². The van der Waals surface area contributed by atoms with Gasteiger partial charge in [0.2, 0.25) is 5.91 Å². The van der Waals surface area contributed by atoms with Crippen molar-refractivity contribution in [1.82, 2.24) is 5.32 Å². The highest BCUT2D eigenvalue weighted by Gasteiger charge is 2.33. The number of carbonyl (C=O) groups excluding carboxylic acids is 1. The highest BCUT2D eigenvalue weighted by atomic mass is 16.4. The molecule has 19 heavy (non-hydrogen) atoms. The molecule has 0 spiro atoms. The Labute approximate surface area is 115 Å². The average Bonchev–Trinajstić information content (AvgIpc) is 2.37. The standard InChI is InChI=1S/C15H25NO3/c1-11(2)7-5-6-10-16-14(17)12-8-3-4-9-13(12)15(18)19/h3-4,11-13H,5-10H2,1-2H3,(H,16,17)(H,18,19)/t12-,13+/m1/s1. The second kappa shape index (κ2) is 7.97. The maximum Gasteiger partial charge on any atom is 0.307 e. The van der Waals surface area contributed by atoms with Crippen molar-refractivity contribution in [2.24, 2.45) is 17.8 Å². The number of aliphatic carboxylic acids is 1. The highest BCUT2D eigenvalue weighted by Crippen LogP contribution is 2.25. The van der Waals surface area contributed by atoms with Gasteiger partial charge in [0, 0.05) is 6.54 Å². The van der Waals surface area contributed by atoms with E-state index in [9.17, 15) is 9.59 Å². The lowest BCUT2D eigenvalue weighted by Gasteiger charge is -2.24. The van der Waals surface area contributed by atoms with Gasteiger partial charge in [0.1, 0.15) is 0 Å². The van der Waals surface area contributed by atoms with Crippen LogP contribution in [0, 0.1) is 17.8 Å². The molecule has 2 N–H and O–H groups in total. The molecule has 0 heterocycles. The summed E-state index contributed by atoms with van der Waals surface area (Å²) >= 11 is 0. The Kier molecular flexibility index (Phi) is 6.60. The lowest BCUT2D eigenvalue weighted by atomic mass is 9.82. The van der Waals surface area contributed by atoms with E-state index < -0.39 is 17.8 Å². The predicted octanol–water partition coefficient (Wildman–Crippen LogP) is 2.60. The molecule has 108 valence electrons. The van der Waals surface area contributed by atoms with Crippen LogP contribution >= 0.6 is 0 Å². The number of hydrogen-bond donors (Lipinski definition) is 2. The van der Waals surface area contributed by atoms with Crippen molar-refractivity contribution in [3.63, 3.8) is 0 Å². The van der Waals surface area contributed by atoms with E-state index >= 15 is 0 Å². The topological polar surface area (TPSA) is 66.4 Å². The Hall–Kier alpha value is -1.32. The van der Waals surface area contributed by atoms with Crippen LogP contribution in [0.2, 0.25) is 0 Å². The Balaban J connectivity index is 2.31. The normalized spacial score (nSPS) is 22.5. The van der Waals surface area contributed by atoms with Crippen LogP contribution in [-0.2, 0) is 9.59 Å². The SMILES string of the molecule is CC(C)CCCCNC(=O)[C@@H]1CC=CC[C@@H]1C(=O)O. The second-order valence-corrected chi connectivity index (χ2v) is 5.67. The van der Waals surface area contributed by atoms with Crippen LogP contribution in [0.1, 0.15) is 46.0 Å². The summed E-state index contributed by atoms with van der Waals surface area (Å²) in [4.78, 5) is 23.1. The second-order valence-electron chi connectivity index (χ2n) is 5.67. The van der Waals surface area contributed by atoms with Crippen molar-refractivity contribution >= 4 is 11.9 Å². The molecular weight excluding hydrogens is 242 g/mol. The first-order chi connectivity index (χ1) is 9.02. The molecule has 4 nitrogen and oxygen atoms in total. The van der Waals surface area contributed by atoms with Crippen LogP contribution in [0.5, 0.6) is 0 Å². The number of carboxylic acid groups (broad SMARTS) is 1. The van der Waals surface area contributed by atoms with Gasteiger partial charge in [-0.05, 0) is 25.2 Å². The van der Waals surface area contributed by atoms with Gasteiger partial charge >= 0.3 is 5.97 Å². The number of unbranched alkanes of at least 4 members (excludes halogenated alkanes) is 1. The van der Waals surface area contributed by atoms with Gasteiger partial charge in [0.05, 0.1) is 11.8 Å². The molecular formula is C15H25NO3. The van der Waals surface area contributed by atoms with Gasteiger partial charge in [-0.3, -0.25) is 9.59 Å². The number of rotatable bonds is 7. The summed E-state index contributed by atoms with van der Waals surface area (Å²) in [5.74, 6) is -1.27. The molecule has 4 heteroatoms. The van der Waals surface area contributed by atoms with E-state index in [1.807, 2.05) is 12.2 Å². The zero-order valence-corrected chi connectivity index (χ0v) is 11.9.